The van der Waals surface area contributed by atoms with Crippen molar-refractivity contribution in [3.63, 3.8) is 0 Å². The van der Waals surface area contributed by atoms with Gasteiger partial charge in [0, 0.05) is 29.8 Å². The largest absolute Gasteiger partial charge is 0.508 e. The number of carbonyl (C=O) groups excluding carboxylic acids is 1. The number of likely N-dealkylation sites (tertiary alicyclic amines) is 1. The summed E-state index contributed by atoms with van der Waals surface area (Å²) in [5.74, 6) is 0.593. The van der Waals surface area contributed by atoms with Crippen molar-refractivity contribution in [3.05, 3.63) is 29.3 Å². The van der Waals surface area contributed by atoms with E-state index in [1.54, 1.807) is 18.2 Å². The predicted molar refractivity (Wildman–Crippen MR) is 129 cm³/mol. The van der Waals surface area contributed by atoms with E-state index >= 15 is 0 Å². The molecular formula is C26H43N3O3. The Morgan fingerprint density at radius 2 is 1.94 bits per heavy atom. The predicted octanol–water partition coefficient (Wildman–Crippen LogP) is 3.71. The minimum absolute atomic E-state index is 0.192. The van der Waals surface area contributed by atoms with E-state index in [0.717, 1.165) is 37.8 Å². The van der Waals surface area contributed by atoms with Crippen LogP contribution in [-0.2, 0) is 5.41 Å². The van der Waals surface area contributed by atoms with Crippen LogP contribution in [0.1, 0.15) is 82.1 Å². The molecule has 3 rings (SSSR count). The Kier molecular flexibility index (Phi) is 7.89. The SMILES string of the molecule is CCC[C@H]1C[C@H](N(C)C)CC[C@@H]1N1CCC(NC(=O)c2ccc(O)c(C(C)(C)C)c2)[C@@H]1O. The molecule has 1 aromatic carbocycles. The molecular weight excluding hydrogens is 402 g/mol. The van der Waals surface area contributed by atoms with Gasteiger partial charge in [-0.2, -0.15) is 0 Å². The molecule has 0 aromatic heterocycles. The molecule has 6 heteroatoms. The first-order valence-corrected chi connectivity index (χ1v) is 12.3. The Labute approximate surface area is 194 Å². The Bertz CT molecular complexity index is 789. The van der Waals surface area contributed by atoms with Crippen LogP contribution in [0.4, 0.5) is 0 Å². The number of aromatic hydroxyl groups is 1. The van der Waals surface area contributed by atoms with Gasteiger partial charge in [0.15, 0.2) is 0 Å². The van der Waals surface area contributed by atoms with Gasteiger partial charge < -0.3 is 20.4 Å². The molecule has 1 aliphatic heterocycles. The van der Waals surface area contributed by atoms with Crippen molar-refractivity contribution in [2.75, 3.05) is 20.6 Å². The maximum absolute atomic E-state index is 13.0. The molecule has 1 amide bonds. The van der Waals surface area contributed by atoms with Crippen molar-refractivity contribution >= 4 is 5.91 Å². The van der Waals surface area contributed by atoms with Gasteiger partial charge in [-0.3, -0.25) is 9.69 Å². The number of nitrogens with one attached hydrogen (secondary N) is 1. The molecule has 1 saturated carbocycles. The summed E-state index contributed by atoms with van der Waals surface area (Å²) in [5, 5.41) is 24.4. The van der Waals surface area contributed by atoms with Crippen LogP contribution < -0.4 is 5.32 Å². The number of nitrogens with zero attached hydrogens (tertiary/aromatic N) is 2. The standard InChI is InChI=1S/C26H43N3O3/c1-7-8-17-15-19(28(5)6)10-11-22(17)29-14-13-21(25(29)32)27-24(31)18-9-12-23(30)20(16-18)26(2,3)4/h9,12,16-17,19,21-22,25,30,32H,7-8,10-11,13-15H2,1-6H3,(H,27,31)/t17-,19+,21?,22-,25-/m0/s1. The van der Waals surface area contributed by atoms with Crippen LogP contribution in [0.3, 0.4) is 0 Å². The lowest BCUT2D eigenvalue weighted by Gasteiger charge is -2.44. The quantitative estimate of drug-likeness (QED) is 0.622. The number of phenolic OH excluding ortho intramolecular Hbond substituents is 1. The minimum Gasteiger partial charge on any atom is -0.508 e. The van der Waals surface area contributed by atoms with E-state index in [0.29, 0.717) is 23.6 Å². The summed E-state index contributed by atoms with van der Waals surface area (Å²) < 4.78 is 0. The van der Waals surface area contributed by atoms with Gasteiger partial charge in [0.1, 0.15) is 12.0 Å². The highest BCUT2D eigenvalue weighted by Gasteiger charge is 2.42. The Balaban J connectivity index is 1.68. The van der Waals surface area contributed by atoms with Crippen LogP contribution >= 0.6 is 0 Å². The topological polar surface area (TPSA) is 76.0 Å². The van der Waals surface area contributed by atoms with Crippen molar-refractivity contribution in [2.45, 2.75) is 96.0 Å². The van der Waals surface area contributed by atoms with Gasteiger partial charge in [-0.1, -0.05) is 34.1 Å². The number of aliphatic hydroxyl groups is 1. The zero-order valence-corrected chi connectivity index (χ0v) is 20.8. The molecule has 32 heavy (non-hydrogen) atoms. The van der Waals surface area contributed by atoms with Gasteiger partial charge in [-0.05, 0) is 75.7 Å². The third-order valence-electron chi connectivity index (χ3n) is 7.51. The highest BCUT2D eigenvalue weighted by molar-refractivity contribution is 5.95. The summed E-state index contributed by atoms with van der Waals surface area (Å²) in [5.41, 5.74) is 1.01. The van der Waals surface area contributed by atoms with E-state index in [9.17, 15) is 15.0 Å². The highest BCUT2D eigenvalue weighted by Crippen LogP contribution is 2.37. The second-order valence-corrected chi connectivity index (χ2v) is 11.0. The number of amides is 1. The lowest BCUT2D eigenvalue weighted by molar-refractivity contribution is -0.0411. The summed E-state index contributed by atoms with van der Waals surface area (Å²) in [4.78, 5) is 17.6. The maximum Gasteiger partial charge on any atom is 0.251 e. The first-order chi connectivity index (χ1) is 15.0. The van der Waals surface area contributed by atoms with Gasteiger partial charge in [0.05, 0.1) is 6.04 Å². The second kappa shape index (κ2) is 10.1. The number of carbonyl (C=O) groups is 1. The van der Waals surface area contributed by atoms with E-state index in [2.05, 4.69) is 36.1 Å². The number of aliphatic hydroxyl groups excluding tert-OH is 1. The van der Waals surface area contributed by atoms with Crippen molar-refractivity contribution in [3.8, 4) is 5.75 Å². The Morgan fingerprint density at radius 3 is 2.56 bits per heavy atom. The van der Waals surface area contributed by atoms with E-state index in [1.165, 1.54) is 12.8 Å². The van der Waals surface area contributed by atoms with Crippen LogP contribution in [0.25, 0.3) is 0 Å². The molecule has 180 valence electrons. The molecule has 5 atom stereocenters. The summed E-state index contributed by atoms with van der Waals surface area (Å²) in [6, 6.07) is 5.73. The van der Waals surface area contributed by atoms with E-state index in [1.807, 2.05) is 20.8 Å². The maximum atomic E-state index is 13.0. The van der Waals surface area contributed by atoms with Crippen molar-refractivity contribution in [2.24, 2.45) is 5.92 Å². The molecule has 1 unspecified atom stereocenters. The van der Waals surface area contributed by atoms with Crippen LogP contribution in [0, 0.1) is 5.92 Å². The third kappa shape index (κ3) is 5.46. The molecule has 1 saturated heterocycles. The number of rotatable bonds is 6. The van der Waals surface area contributed by atoms with Gasteiger partial charge in [-0.15, -0.1) is 0 Å². The number of hydrogen-bond donors (Lipinski definition) is 3. The fourth-order valence-corrected chi connectivity index (χ4v) is 5.65. The molecule has 3 N–H and O–H groups in total. The first kappa shape index (κ1) is 25.0. The van der Waals surface area contributed by atoms with E-state index < -0.39 is 6.23 Å². The molecule has 6 nitrogen and oxygen atoms in total. The number of phenols is 1. The lowest BCUT2D eigenvalue weighted by Crippen LogP contribution is -2.52. The zero-order valence-electron chi connectivity index (χ0n) is 20.8. The third-order valence-corrected chi connectivity index (χ3v) is 7.51. The summed E-state index contributed by atoms with van der Waals surface area (Å²) >= 11 is 0. The lowest BCUT2D eigenvalue weighted by atomic mass is 9.78. The van der Waals surface area contributed by atoms with Crippen molar-refractivity contribution in [1.29, 1.82) is 0 Å². The average molecular weight is 446 g/mol. The minimum atomic E-state index is -0.654. The fourth-order valence-electron chi connectivity index (χ4n) is 5.65. The van der Waals surface area contributed by atoms with Crippen LogP contribution in [-0.4, -0.2) is 70.9 Å². The van der Waals surface area contributed by atoms with Crippen LogP contribution in [0.5, 0.6) is 5.75 Å². The average Bonchev–Trinajstić information content (AvgIpc) is 3.07. The van der Waals surface area contributed by atoms with E-state index in [-0.39, 0.29) is 23.1 Å². The molecule has 1 aromatic rings. The monoisotopic (exact) mass is 445 g/mol. The van der Waals surface area contributed by atoms with E-state index in [4.69, 9.17) is 0 Å². The van der Waals surface area contributed by atoms with Crippen LogP contribution in [0.2, 0.25) is 0 Å². The van der Waals surface area contributed by atoms with Crippen molar-refractivity contribution < 1.29 is 15.0 Å². The van der Waals surface area contributed by atoms with Gasteiger partial charge in [0.25, 0.3) is 5.91 Å². The molecule has 1 heterocycles. The summed E-state index contributed by atoms with van der Waals surface area (Å²) in [6.07, 6.45) is 5.86. The molecule has 2 fully saturated rings. The molecule has 1 aliphatic carbocycles. The van der Waals surface area contributed by atoms with Crippen LogP contribution in [0.15, 0.2) is 18.2 Å². The second-order valence-electron chi connectivity index (χ2n) is 11.0. The zero-order chi connectivity index (χ0) is 23.6. The smallest absolute Gasteiger partial charge is 0.251 e. The molecule has 0 bridgehead atoms. The van der Waals surface area contributed by atoms with Gasteiger partial charge in [-0.25, -0.2) is 0 Å². The number of benzene rings is 1. The normalized spacial score (nSPS) is 29.4. The summed E-state index contributed by atoms with van der Waals surface area (Å²) in [6.45, 7) is 9.09. The summed E-state index contributed by atoms with van der Waals surface area (Å²) in [7, 11) is 4.33. The number of hydrogen-bond acceptors (Lipinski definition) is 5. The van der Waals surface area contributed by atoms with Crippen molar-refractivity contribution in [1.82, 2.24) is 15.1 Å². The van der Waals surface area contributed by atoms with Gasteiger partial charge in [0.2, 0.25) is 0 Å². The first-order valence-electron chi connectivity index (χ1n) is 12.3. The Hall–Kier alpha value is -1.63. The molecule has 0 radical (unpaired) electrons. The van der Waals surface area contributed by atoms with Gasteiger partial charge >= 0.3 is 0 Å². The molecule has 2 aliphatic rings. The Morgan fingerprint density at radius 1 is 1.22 bits per heavy atom. The highest BCUT2D eigenvalue weighted by atomic mass is 16.3. The molecule has 0 spiro atoms. The fraction of sp³-hybridized carbons (Fsp3) is 0.731.